The van der Waals surface area contributed by atoms with Gasteiger partial charge >= 0.3 is 0 Å². The lowest BCUT2D eigenvalue weighted by Gasteiger charge is -2.09. The number of imidazole rings is 1. The number of fused-ring (bicyclic) bond motifs is 1. The lowest BCUT2D eigenvalue weighted by molar-refractivity contribution is -0.384. The Balaban J connectivity index is 1.54. The van der Waals surface area contributed by atoms with E-state index >= 15 is 0 Å². The van der Waals surface area contributed by atoms with Crippen molar-refractivity contribution >= 4 is 51.7 Å². The van der Waals surface area contributed by atoms with Crippen molar-refractivity contribution in [3.8, 4) is 5.69 Å². The maximum Gasteiger partial charge on any atom is 0.271 e. The third-order valence-electron chi connectivity index (χ3n) is 4.31. The minimum atomic E-state index is -0.540. The first kappa shape index (κ1) is 19.9. The monoisotopic (exact) mass is 438 g/mol. The Hall–Kier alpha value is -3.36. The smallest absolute Gasteiger partial charge is 0.271 e. The molecule has 30 heavy (non-hydrogen) atoms. The largest absolute Gasteiger partial charge is 0.324 e. The molecule has 4 aromatic rings. The average molecular weight is 439 g/mol. The number of benzene rings is 3. The highest BCUT2D eigenvalue weighted by atomic mass is 35.5. The molecule has 9 heteroatoms. The van der Waals surface area contributed by atoms with Gasteiger partial charge < -0.3 is 5.32 Å². The summed E-state index contributed by atoms with van der Waals surface area (Å²) in [4.78, 5) is 27.4. The fraction of sp³-hybridized carbons (Fsp3) is 0.0476. The highest BCUT2D eigenvalue weighted by molar-refractivity contribution is 7.99. The molecule has 4 rings (SSSR count). The third-order valence-corrected chi connectivity index (χ3v) is 5.57. The Morgan fingerprint density at radius 2 is 1.83 bits per heavy atom. The van der Waals surface area contributed by atoms with Crippen molar-refractivity contribution in [1.29, 1.82) is 0 Å². The van der Waals surface area contributed by atoms with Crippen LogP contribution in [0.3, 0.4) is 0 Å². The number of carbonyl (C=O) groups excluding carboxylic acids is 1. The van der Waals surface area contributed by atoms with Gasteiger partial charge in [-0.1, -0.05) is 53.7 Å². The molecule has 0 spiro atoms. The fourth-order valence-electron chi connectivity index (χ4n) is 2.96. The molecule has 0 unspecified atom stereocenters. The Morgan fingerprint density at radius 1 is 1.10 bits per heavy atom. The zero-order valence-corrected chi connectivity index (χ0v) is 17.1. The van der Waals surface area contributed by atoms with Gasteiger partial charge in [-0.25, -0.2) is 4.98 Å². The number of non-ortho nitro benzene ring substituents is 1. The summed E-state index contributed by atoms with van der Waals surface area (Å²) in [6.45, 7) is 0. The molecule has 0 atom stereocenters. The predicted molar refractivity (Wildman–Crippen MR) is 119 cm³/mol. The van der Waals surface area contributed by atoms with E-state index in [2.05, 4.69) is 10.3 Å². The van der Waals surface area contributed by atoms with Gasteiger partial charge in [0.1, 0.15) is 0 Å². The first-order chi connectivity index (χ1) is 14.5. The maximum atomic E-state index is 12.5. The number of thioether (sulfide) groups is 1. The summed E-state index contributed by atoms with van der Waals surface area (Å²) in [6.07, 6.45) is 0. The van der Waals surface area contributed by atoms with Gasteiger partial charge in [0.2, 0.25) is 5.91 Å². The molecule has 0 aliphatic carbocycles. The number of nitro benzene ring substituents is 1. The molecule has 1 N–H and O–H groups in total. The lowest BCUT2D eigenvalue weighted by Crippen LogP contribution is -2.15. The minimum absolute atomic E-state index is 0.101. The predicted octanol–water partition coefficient (Wildman–Crippen LogP) is 5.32. The first-order valence-electron chi connectivity index (χ1n) is 8.92. The molecule has 1 amide bonds. The minimum Gasteiger partial charge on any atom is -0.324 e. The van der Waals surface area contributed by atoms with Crippen LogP contribution in [0.15, 0.2) is 78.0 Å². The summed E-state index contributed by atoms with van der Waals surface area (Å²) in [5.74, 6) is -0.189. The number of nitrogens with zero attached hydrogens (tertiary/aromatic N) is 3. The van der Waals surface area contributed by atoms with Crippen LogP contribution in [-0.4, -0.2) is 26.1 Å². The second-order valence-electron chi connectivity index (χ2n) is 6.31. The molecule has 0 aliphatic rings. The number of nitrogens with one attached hydrogen (secondary N) is 1. The number of rotatable bonds is 6. The van der Waals surface area contributed by atoms with Gasteiger partial charge in [-0.05, 0) is 30.3 Å². The van der Waals surface area contributed by atoms with Gasteiger partial charge in [0.15, 0.2) is 5.16 Å². The summed E-state index contributed by atoms with van der Waals surface area (Å²) in [5.41, 5.74) is 2.92. The third kappa shape index (κ3) is 4.14. The standard InChI is InChI=1S/C21H15ClN4O3S/c22-16-12-15(26(28)29)10-11-17(16)23-20(27)13-30-21-24-18-8-4-5-9-19(18)25(21)14-6-2-1-3-7-14/h1-12H,13H2,(H,23,27). The molecule has 7 nitrogen and oxygen atoms in total. The maximum absolute atomic E-state index is 12.5. The molecule has 150 valence electrons. The number of amides is 1. The molecule has 0 bridgehead atoms. The lowest BCUT2D eigenvalue weighted by atomic mass is 10.3. The van der Waals surface area contributed by atoms with Crippen LogP contribution in [0.5, 0.6) is 0 Å². The summed E-state index contributed by atoms with van der Waals surface area (Å²) in [5, 5.41) is 14.3. The number of carbonyl (C=O) groups is 1. The Kier molecular flexibility index (Phi) is 5.69. The molecule has 1 aromatic heterocycles. The van der Waals surface area contributed by atoms with Crippen LogP contribution in [-0.2, 0) is 4.79 Å². The Morgan fingerprint density at radius 3 is 2.57 bits per heavy atom. The zero-order valence-electron chi connectivity index (χ0n) is 15.5. The zero-order chi connectivity index (χ0) is 21.1. The SMILES string of the molecule is O=C(CSc1nc2ccccc2n1-c1ccccc1)Nc1ccc([N+](=O)[O-])cc1Cl. The molecule has 1 heterocycles. The van der Waals surface area contributed by atoms with Crippen molar-refractivity contribution in [3.63, 3.8) is 0 Å². The molecule has 3 aromatic carbocycles. The normalized spacial score (nSPS) is 10.8. The van der Waals surface area contributed by atoms with Crippen LogP contribution in [0.1, 0.15) is 0 Å². The Labute approximate surface area is 180 Å². The van der Waals surface area contributed by atoms with Crippen molar-refractivity contribution < 1.29 is 9.72 Å². The Bertz CT molecular complexity index is 1240. The fourth-order valence-corrected chi connectivity index (χ4v) is 4.01. The number of anilines is 1. The van der Waals surface area contributed by atoms with E-state index in [1.165, 1.54) is 30.0 Å². The van der Waals surface area contributed by atoms with E-state index in [0.29, 0.717) is 10.8 Å². The van der Waals surface area contributed by atoms with Crippen LogP contribution >= 0.6 is 23.4 Å². The number of para-hydroxylation sites is 3. The van der Waals surface area contributed by atoms with Crippen LogP contribution in [0, 0.1) is 10.1 Å². The van der Waals surface area contributed by atoms with E-state index in [4.69, 9.17) is 11.6 Å². The van der Waals surface area contributed by atoms with Crippen LogP contribution < -0.4 is 5.32 Å². The van der Waals surface area contributed by atoms with E-state index in [1.54, 1.807) is 0 Å². The van der Waals surface area contributed by atoms with E-state index in [9.17, 15) is 14.9 Å². The quantitative estimate of drug-likeness (QED) is 0.250. The average Bonchev–Trinajstić information content (AvgIpc) is 3.12. The van der Waals surface area contributed by atoms with Gasteiger partial charge in [0, 0.05) is 17.8 Å². The van der Waals surface area contributed by atoms with Gasteiger partial charge in [-0.15, -0.1) is 0 Å². The van der Waals surface area contributed by atoms with Crippen LogP contribution in [0.2, 0.25) is 5.02 Å². The number of halogens is 1. The molecular formula is C21H15ClN4O3S. The summed E-state index contributed by atoms with van der Waals surface area (Å²) < 4.78 is 2.01. The van der Waals surface area contributed by atoms with Crippen LogP contribution in [0.4, 0.5) is 11.4 Å². The number of aromatic nitrogens is 2. The van der Waals surface area contributed by atoms with E-state index < -0.39 is 4.92 Å². The van der Waals surface area contributed by atoms with E-state index in [0.717, 1.165) is 16.7 Å². The molecule has 0 fully saturated rings. The van der Waals surface area contributed by atoms with Gasteiger partial charge in [0.25, 0.3) is 5.69 Å². The molecular weight excluding hydrogens is 424 g/mol. The second kappa shape index (κ2) is 8.56. The van der Waals surface area contributed by atoms with Crippen molar-refractivity contribution in [2.75, 3.05) is 11.1 Å². The summed E-state index contributed by atoms with van der Waals surface area (Å²) in [7, 11) is 0. The van der Waals surface area contributed by atoms with Crippen molar-refractivity contribution in [2.24, 2.45) is 0 Å². The molecule has 0 saturated carbocycles. The topological polar surface area (TPSA) is 90.1 Å². The number of hydrogen-bond donors (Lipinski definition) is 1. The van der Waals surface area contributed by atoms with Crippen molar-refractivity contribution in [3.05, 3.63) is 87.9 Å². The van der Waals surface area contributed by atoms with Crippen molar-refractivity contribution in [2.45, 2.75) is 5.16 Å². The number of hydrogen-bond acceptors (Lipinski definition) is 5. The van der Waals surface area contributed by atoms with Gasteiger partial charge in [-0.2, -0.15) is 0 Å². The highest BCUT2D eigenvalue weighted by Gasteiger charge is 2.16. The van der Waals surface area contributed by atoms with Crippen molar-refractivity contribution in [1.82, 2.24) is 9.55 Å². The summed E-state index contributed by atoms with van der Waals surface area (Å²) in [6, 6.07) is 21.5. The second-order valence-corrected chi connectivity index (χ2v) is 7.66. The van der Waals surface area contributed by atoms with E-state index in [1.807, 2.05) is 59.2 Å². The number of nitro groups is 1. The van der Waals surface area contributed by atoms with Gasteiger partial charge in [0.05, 0.1) is 32.4 Å². The first-order valence-corrected chi connectivity index (χ1v) is 10.3. The van der Waals surface area contributed by atoms with Crippen LogP contribution in [0.25, 0.3) is 16.7 Å². The van der Waals surface area contributed by atoms with E-state index in [-0.39, 0.29) is 22.4 Å². The highest BCUT2D eigenvalue weighted by Crippen LogP contribution is 2.29. The van der Waals surface area contributed by atoms with Gasteiger partial charge in [-0.3, -0.25) is 19.5 Å². The molecule has 0 radical (unpaired) electrons. The summed E-state index contributed by atoms with van der Waals surface area (Å²) >= 11 is 7.35. The molecule has 0 saturated heterocycles. The molecule has 0 aliphatic heterocycles.